The minimum absolute atomic E-state index is 0.0181. The second-order valence-corrected chi connectivity index (χ2v) is 9.23. The van der Waals surface area contributed by atoms with Crippen LogP contribution < -0.4 is 0 Å². The van der Waals surface area contributed by atoms with Crippen molar-refractivity contribution in [1.29, 1.82) is 0 Å². The Labute approximate surface area is 180 Å². The summed E-state index contributed by atoms with van der Waals surface area (Å²) in [7, 11) is 0. The van der Waals surface area contributed by atoms with Crippen LogP contribution in [0.1, 0.15) is 44.9 Å². The van der Waals surface area contributed by atoms with E-state index in [4.69, 9.17) is 16.3 Å². The molecule has 4 heteroatoms. The minimum atomic E-state index is -0.661. The topological polar surface area (TPSA) is 26.3 Å². The number of ether oxygens (including phenoxy) is 1. The predicted molar refractivity (Wildman–Crippen MR) is 121 cm³/mol. The lowest BCUT2D eigenvalue weighted by Gasteiger charge is -2.30. The lowest BCUT2D eigenvalue weighted by molar-refractivity contribution is -0.138. The normalized spacial score (nSPS) is 13.0. The Morgan fingerprint density at radius 2 is 1.61 bits per heavy atom. The van der Waals surface area contributed by atoms with E-state index in [0.29, 0.717) is 5.02 Å². The molecule has 0 bridgehead atoms. The number of carbonyl (C=O) groups is 1. The van der Waals surface area contributed by atoms with Gasteiger partial charge in [0.2, 0.25) is 0 Å². The number of ketones is 1. The molecular weight excluding hydrogens is 436 g/mol. The van der Waals surface area contributed by atoms with Crippen molar-refractivity contribution in [2.75, 3.05) is 0 Å². The molecule has 3 aromatic rings. The minimum Gasteiger partial charge on any atom is -0.360 e. The van der Waals surface area contributed by atoms with E-state index in [2.05, 4.69) is 28.1 Å². The summed E-state index contributed by atoms with van der Waals surface area (Å²) in [5.74, 6) is -0.0181. The average molecular weight is 460 g/mol. The molecule has 0 aliphatic heterocycles. The number of Topliss-reactive ketones (excluding diaryl/α,β-unsaturated/α-hetero) is 1. The van der Waals surface area contributed by atoms with Crippen LogP contribution in [0.15, 0.2) is 53.0 Å². The van der Waals surface area contributed by atoms with Crippen LogP contribution in [-0.4, -0.2) is 11.4 Å². The van der Waals surface area contributed by atoms with Crippen molar-refractivity contribution in [2.24, 2.45) is 0 Å². The maximum absolute atomic E-state index is 12.7. The summed E-state index contributed by atoms with van der Waals surface area (Å²) in [5.41, 5.74) is 3.47. The molecule has 0 saturated heterocycles. The summed E-state index contributed by atoms with van der Waals surface area (Å²) in [6, 6.07) is 15.9. The van der Waals surface area contributed by atoms with Crippen LogP contribution in [0.4, 0.5) is 0 Å². The Balaban J connectivity index is 2.43. The molecule has 0 radical (unpaired) electrons. The highest BCUT2D eigenvalue weighted by molar-refractivity contribution is 9.10. The van der Waals surface area contributed by atoms with Gasteiger partial charge in [0.1, 0.15) is 6.10 Å². The van der Waals surface area contributed by atoms with Gasteiger partial charge in [-0.05, 0) is 90.1 Å². The molecule has 0 aromatic heterocycles. The van der Waals surface area contributed by atoms with E-state index in [1.54, 1.807) is 6.92 Å². The summed E-state index contributed by atoms with van der Waals surface area (Å²) in [6.45, 7) is 9.53. The first-order valence-electron chi connectivity index (χ1n) is 9.25. The molecule has 0 unspecified atom stereocenters. The Morgan fingerprint density at radius 3 is 2.14 bits per heavy atom. The highest BCUT2D eigenvalue weighted by Crippen LogP contribution is 2.44. The van der Waals surface area contributed by atoms with E-state index in [1.165, 1.54) is 0 Å². The molecule has 2 nitrogen and oxygen atoms in total. The third-order valence-corrected chi connectivity index (χ3v) is 5.95. The number of hydrogen-bond donors (Lipinski definition) is 0. The van der Waals surface area contributed by atoms with Gasteiger partial charge in [0, 0.05) is 15.1 Å². The maximum Gasteiger partial charge on any atom is 0.163 e. The van der Waals surface area contributed by atoms with Crippen molar-refractivity contribution in [1.82, 2.24) is 0 Å². The summed E-state index contributed by atoms with van der Waals surface area (Å²) >= 11 is 9.89. The van der Waals surface area contributed by atoms with Crippen LogP contribution in [0.5, 0.6) is 0 Å². The van der Waals surface area contributed by atoms with Crippen molar-refractivity contribution in [3.8, 4) is 11.1 Å². The van der Waals surface area contributed by atoms with Crippen LogP contribution >= 0.6 is 27.5 Å². The van der Waals surface area contributed by atoms with Gasteiger partial charge in [-0.25, -0.2) is 0 Å². The molecular formula is C24H24BrClO2. The molecule has 146 valence electrons. The zero-order chi connectivity index (χ0) is 20.6. The summed E-state index contributed by atoms with van der Waals surface area (Å²) in [4.78, 5) is 12.7. The van der Waals surface area contributed by atoms with Crippen molar-refractivity contribution in [3.63, 3.8) is 0 Å². The molecule has 0 heterocycles. The van der Waals surface area contributed by atoms with E-state index < -0.39 is 11.7 Å². The van der Waals surface area contributed by atoms with Gasteiger partial charge in [0.05, 0.1) is 5.60 Å². The Bertz CT molecular complexity index is 1030. The zero-order valence-electron chi connectivity index (χ0n) is 16.8. The molecule has 0 fully saturated rings. The molecule has 0 spiro atoms. The lowest BCUT2D eigenvalue weighted by Crippen LogP contribution is -2.27. The van der Waals surface area contributed by atoms with Crippen molar-refractivity contribution in [3.05, 3.63) is 69.2 Å². The number of hydrogen-bond acceptors (Lipinski definition) is 2. The number of fused-ring (bicyclic) bond motifs is 1. The maximum atomic E-state index is 12.7. The smallest absolute Gasteiger partial charge is 0.163 e. The molecule has 0 N–H and O–H groups in total. The zero-order valence-corrected chi connectivity index (χ0v) is 19.1. The largest absolute Gasteiger partial charge is 0.360 e. The Kier molecular flexibility index (Phi) is 6.00. The molecule has 28 heavy (non-hydrogen) atoms. The monoisotopic (exact) mass is 458 g/mol. The number of carbonyl (C=O) groups excluding carboxylic acids is 1. The molecule has 1 atom stereocenters. The molecule has 0 aliphatic carbocycles. The molecule has 3 rings (SSSR count). The van der Waals surface area contributed by atoms with Gasteiger partial charge in [0.15, 0.2) is 5.78 Å². The van der Waals surface area contributed by atoms with E-state index >= 15 is 0 Å². The van der Waals surface area contributed by atoms with Crippen LogP contribution in [0.25, 0.3) is 21.9 Å². The van der Waals surface area contributed by atoms with Crippen molar-refractivity contribution >= 4 is 44.1 Å². The van der Waals surface area contributed by atoms with Gasteiger partial charge in [-0.15, -0.1) is 0 Å². The molecule has 3 aromatic carbocycles. The number of rotatable bonds is 4. The van der Waals surface area contributed by atoms with Crippen LogP contribution in [0, 0.1) is 6.92 Å². The fourth-order valence-corrected chi connectivity index (χ4v) is 4.18. The van der Waals surface area contributed by atoms with E-state index in [-0.39, 0.29) is 5.78 Å². The number of halogens is 2. The van der Waals surface area contributed by atoms with Crippen LogP contribution in [-0.2, 0) is 9.53 Å². The Hall–Kier alpha value is -1.68. The van der Waals surface area contributed by atoms with Gasteiger partial charge in [-0.3, -0.25) is 4.79 Å². The van der Waals surface area contributed by atoms with Gasteiger partial charge < -0.3 is 4.74 Å². The van der Waals surface area contributed by atoms with E-state index in [0.717, 1.165) is 37.5 Å². The second-order valence-electron chi connectivity index (χ2n) is 8.00. The van der Waals surface area contributed by atoms with Crippen molar-refractivity contribution in [2.45, 2.75) is 46.3 Å². The fourth-order valence-electron chi connectivity index (χ4n) is 3.50. The van der Waals surface area contributed by atoms with Crippen LogP contribution in [0.2, 0.25) is 5.02 Å². The Morgan fingerprint density at radius 1 is 1.04 bits per heavy atom. The average Bonchev–Trinajstić information content (AvgIpc) is 2.63. The lowest BCUT2D eigenvalue weighted by atomic mass is 9.86. The van der Waals surface area contributed by atoms with Gasteiger partial charge in [-0.2, -0.15) is 0 Å². The standard InChI is InChI=1S/C24H24BrClO2/c1-14-20(23(15(2)27)28-24(3,4)5)21(16-10-12-17(26)13-11-16)18-8-6-7-9-19(18)22(14)25/h6-13,23H,1-5H3/t23-/m1/s1. The van der Waals surface area contributed by atoms with Gasteiger partial charge in [0.25, 0.3) is 0 Å². The fraction of sp³-hybridized carbons (Fsp3) is 0.292. The first kappa shape index (κ1) is 21.0. The first-order valence-corrected chi connectivity index (χ1v) is 10.4. The summed E-state index contributed by atoms with van der Waals surface area (Å²) < 4.78 is 7.25. The van der Waals surface area contributed by atoms with E-state index in [1.807, 2.05) is 64.1 Å². The molecule has 0 amide bonds. The van der Waals surface area contributed by atoms with Gasteiger partial charge in [-0.1, -0.05) is 48.0 Å². The SMILES string of the molecule is CC(=O)[C@@H](OC(C)(C)C)c1c(C)c(Br)c2ccccc2c1-c1ccc(Cl)cc1. The highest BCUT2D eigenvalue weighted by Gasteiger charge is 2.30. The van der Waals surface area contributed by atoms with Crippen LogP contribution in [0.3, 0.4) is 0 Å². The third kappa shape index (κ3) is 4.17. The molecule has 0 aliphatic rings. The first-order chi connectivity index (χ1) is 13.1. The second kappa shape index (κ2) is 7.98. The third-order valence-electron chi connectivity index (χ3n) is 4.67. The summed E-state index contributed by atoms with van der Waals surface area (Å²) in [6.07, 6.45) is -0.661. The van der Waals surface area contributed by atoms with Crippen molar-refractivity contribution < 1.29 is 9.53 Å². The number of benzene rings is 3. The van der Waals surface area contributed by atoms with Gasteiger partial charge >= 0.3 is 0 Å². The summed E-state index contributed by atoms with van der Waals surface area (Å²) in [5, 5.41) is 2.85. The molecule has 0 saturated carbocycles. The predicted octanol–water partition coefficient (Wildman–Crippen LogP) is 7.68. The highest BCUT2D eigenvalue weighted by atomic mass is 79.9. The quantitative estimate of drug-likeness (QED) is 0.400. The van der Waals surface area contributed by atoms with E-state index in [9.17, 15) is 4.79 Å².